The second kappa shape index (κ2) is 21.1. The minimum atomic E-state index is -1.79. The number of hydrogen-bond acceptors (Lipinski definition) is 2. The van der Waals surface area contributed by atoms with Gasteiger partial charge in [-0.1, -0.05) is 53.4 Å². The molecule has 0 heterocycles. The summed E-state index contributed by atoms with van der Waals surface area (Å²) < 4.78 is 16.9. The van der Waals surface area contributed by atoms with Crippen molar-refractivity contribution < 1.29 is 41.2 Å². The Bertz CT molecular complexity index is 197. The molecule has 21 heavy (non-hydrogen) atoms. The zero-order valence-electron chi connectivity index (χ0n) is 14.5. The maximum absolute atomic E-state index is 8.46. The Balaban J connectivity index is -0.000000740. The SMILES string of the molecule is CCCC[P+](CCCC)(CCCC)CCCC.[Br-].[O]=[Ru]=[O]. The molecule has 0 N–H and O–H groups in total. The maximum atomic E-state index is 8.46. The Hall–Kier alpha value is 1.13. The average Bonchev–Trinajstić information content (AvgIpc) is 2.46. The van der Waals surface area contributed by atoms with E-state index in [9.17, 15) is 0 Å². The van der Waals surface area contributed by atoms with Crippen molar-refractivity contribution in [3.8, 4) is 0 Å². The van der Waals surface area contributed by atoms with E-state index in [2.05, 4.69) is 27.7 Å². The third-order valence-corrected chi connectivity index (χ3v) is 9.00. The van der Waals surface area contributed by atoms with Crippen LogP contribution in [0.1, 0.15) is 79.1 Å². The Kier molecular flexibility index (Phi) is 27.2. The van der Waals surface area contributed by atoms with Gasteiger partial charge < -0.3 is 17.0 Å². The van der Waals surface area contributed by atoms with Gasteiger partial charge in [-0.2, -0.15) is 0 Å². The fourth-order valence-corrected chi connectivity index (χ4v) is 7.93. The van der Waals surface area contributed by atoms with Crippen LogP contribution >= 0.6 is 7.26 Å². The van der Waals surface area contributed by atoms with Gasteiger partial charge in [0.05, 0.1) is 24.6 Å². The molecule has 0 radical (unpaired) electrons. The molecule has 0 aromatic carbocycles. The molecule has 0 bridgehead atoms. The molecule has 2 nitrogen and oxygen atoms in total. The van der Waals surface area contributed by atoms with Crippen molar-refractivity contribution in [2.75, 3.05) is 24.6 Å². The fraction of sp³-hybridized carbons (Fsp3) is 1.00. The normalized spacial score (nSPS) is 10.5. The van der Waals surface area contributed by atoms with E-state index in [4.69, 9.17) is 7.15 Å². The number of rotatable bonds is 12. The van der Waals surface area contributed by atoms with E-state index in [1.54, 1.807) is 24.6 Å². The first-order valence-corrected chi connectivity index (χ1v) is 12.3. The fourth-order valence-electron chi connectivity index (χ4n) is 2.64. The molecule has 0 aromatic rings. The molecular formula is C16H36BrO2PRu. The summed E-state index contributed by atoms with van der Waals surface area (Å²) in [5.41, 5.74) is 0. The molecule has 0 rings (SSSR count). The van der Waals surface area contributed by atoms with Gasteiger partial charge in [-0.3, -0.25) is 0 Å². The number of hydrogen-bond donors (Lipinski definition) is 0. The Morgan fingerprint density at radius 3 is 0.952 bits per heavy atom. The van der Waals surface area contributed by atoms with Crippen molar-refractivity contribution in [3.05, 3.63) is 0 Å². The molecule has 0 aliphatic rings. The van der Waals surface area contributed by atoms with E-state index >= 15 is 0 Å². The Morgan fingerprint density at radius 2 is 0.810 bits per heavy atom. The second-order valence-corrected chi connectivity index (χ2v) is 10.5. The zero-order valence-corrected chi connectivity index (χ0v) is 18.7. The van der Waals surface area contributed by atoms with E-state index in [0.717, 1.165) is 0 Å². The van der Waals surface area contributed by atoms with Crippen LogP contribution in [0.2, 0.25) is 0 Å². The molecule has 0 saturated heterocycles. The van der Waals surface area contributed by atoms with Crippen molar-refractivity contribution in [2.45, 2.75) is 79.1 Å². The molecule has 0 aliphatic carbocycles. The van der Waals surface area contributed by atoms with Crippen LogP contribution in [0.5, 0.6) is 0 Å². The van der Waals surface area contributed by atoms with Gasteiger partial charge in [0.2, 0.25) is 0 Å². The van der Waals surface area contributed by atoms with E-state index in [1.165, 1.54) is 51.4 Å². The third kappa shape index (κ3) is 17.3. The van der Waals surface area contributed by atoms with E-state index in [0.29, 0.717) is 0 Å². The molecule has 0 unspecified atom stereocenters. The molecule has 0 aliphatic heterocycles. The predicted molar refractivity (Wildman–Crippen MR) is 87.4 cm³/mol. The molecule has 132 valence electrons. The van der Waals surface area contributed by atoms with Gasteiger partial charge in [-0.25, -0.2) is 0 Å². The summed E-state index contributed by atoms with van der Waals surface area (Å²) in [4.78, 5) is 0. The molecule has 0 atom stereocenters. The van der Waals surface area contributed by atoms with Crippen LogP contribution < -0.4 is 17.0 Å². The van der Waals surface area contributed by atoms with Gasteiger partial charge in [0.15, 0.2) is 0 Å². The van der Waals surface area contributed by atoms with Gasteiger partial charge in [-0.05, 0) is 25.7 Å². The molecular weight excluding hydrogens is 436 g/mol. The summed E-state index contributed by atoms with van der Waals surface area (Å²) in [7, 11) is -0.562. The number of halogens is 1. The van der Waals surface area contributed by atoms with E-state index in [1.807, 2.05) is 0 Å². The standard InChI is InChI=1S/C16H36P.BrH.2O.Ru/c1-5-9-13-17(14-10-6-2,15-11-7-3)16-12-8-4;;;;/h5-16H2,1-4H3;1H;;;/q+1;;;;/p-1. The minimum absolute atomic E-state index is 0. The summed E-state index contributed by atoms with van der Waals surface area (Å²) in [5, 5.41) is 0. The van der Waals surface area contributed by atoms with Crippen LogP contribution in [0, 0.1) is 0 Å². The van der Waals surface area contributed by atoms with Gasteiger partial charge in [0, 0.05) is 7.26 Å². The van der Waals surface area contributed by atoms with Crippen LogP contribution in [0.4, 0.5) is 0 Å². The summed E-state index contributed by atoms with van der Waals surface area (Å²) in [6, 6.07) is 0. The monoisotopic (exact) mass is 472 g/mol. The Morgan fingerprint density at radius 1 is 0.619 bits per heavy atom. The average molecular weight is 472 g/mol. The zero-order chi connectivity index (χ0) is 15.7. The van der Waals surface area contributed by atoms with Gasteiger partial charge in [0.25, 0.3) is 0 Å². The summed E-state index contributed by atoms with van der Waals surface area (Å²) in [6.45, 7) is 9.42. The molecule has 0 saturated carbocycles. The van der Waals surface area contributed by atoms with Crippen LogP contribution in [-0.4, -0.2) is 24.6 Å². The first kappa shape index (κ1) is 27.0. The molecule has 0 amide bonds. The summed E-state index contributed by atoms with van der Waals surface area (Å²) >= 11 is -1.79. The van der Waals surface area contributed by atoms with Crippen molar-refractivity contribution in [1.82, 2.24) is 0 Å². The third-order valence-electron chi connectivity index (χ3n) is 3.94. The van der Waals surface area contributed by atoms with Gasteiger partial charge in [0.1, 0.15) is 0 Å². The first-order chi connectivity index (χ1) is 9.66. The van der Waals surface area contributed by atoms with Crippen LogP contribution in [0.15, 0.2) is 0 Å². The predicted octanol–water partition coefficient (Wildman–Crippen LogP) is 2.97. The molecule has 0 fully saturated rings. The van der Waals surface area contributed by atoms with Gasteiger partial charge in [-0.15, -0.1) is 0 Å². The van der Waals surface area contributed by atoms with Crippen molar-refractivity contribution in [3.63, 3.8) is 0 Å². The van der Waals surface area contributed by atoms with Crippen molar-refractivity contribution in [1.29, 1.82) is 0 Å². The first-order valence-electron chi connectivity index (χ1n) is 8.38. The summed E-state index contributed by atoms with van der Waals surface area (Å²) in [5.74, 6) is 0. The van der Waals surface area contributed by atoms with Gasteiger partial charge >= 0.3 is 24.2 Å². The Labute approximate surface area is 151 Å². The summed E-state index contributed by atoms with van der Waals surface area (Å²) in [6.07, 6.45) is 17.9. The van der Waals surface area contributed by atoms with Crippen molar-refractivity contribution >= 4 is 7.26 Å². The van der Waals surface area contributed by atoms with Crippen LogP contribution in [0.25, 0.3) is 0 Å². The topological polar surface area (TPSA) is 34.1 Å². The van der Waals surface area contributed by atoms with Crippen molar-refractivity contribution in [2.24, 2.45) is 0 Å². The van der Waals surface area contributed by atoms with Crippen LogP contribution in [0.3, 0.4) is 0 Å². The quantitative estimate of drug-likeness (QED) is 0.324. The second-order valence-electron chi connectivity index (χ2n) is 5.71. The molecule has 5 heteroatoms. The van der Waals surface area contributed by atoms with E-state index in [-0.39, 0.29) is 17.0 Å². The molecule has 0 spiro atoms. The number of unbranched alkanes of at least 4 members (excludes halogenated alkanes) is 4. The van der Waals surface area contributed by atoms with Crippen LogP contribution in [-0.2, 0) is 24.2 Å². The molecule has 0 aromatic heterocycles. The van der Waals surface area contributed by atoms with E-state index < -0.39 is 24.3 Å².